The molecule has 1 aliphatic rings. The summed E-state index contributed by atoms with van der Waals surface area (Å²) in [6, 6.07) is 11.8. The van der Waals surface area contributed by atoms with Gasteiger partial charge in [0, 0.05) is 17.6 Å². The molecule has 0 heterocycles. The van der Waals surface area contributed by atoms with Crippen molar-refractivity contribution >= 4 is 39.1 Å². The molecule has 1 atom stereocenters. The van der Waals surface area contributed by atoms with Crippen LogP contribution in [0.15, 0.2) is 42.5 Å². The largest absolute Gasteiger partial charge is 0.352 e. The third-order valence-electron chi connectivity index (χ3n) is 6.69. The van der Waals surface area contributed by atoms with E-state index in [1.807, 2.05) is 26.0 Å². The van der Waals surface area contributed by atoms with E-state index in [0.29, 0.717) is 16.3 Å². The lowest BCUT2D eigenvalue weighted by atomic mass is 10.1. The summed E-state index contributed by atoms with van der Waals surface area (Å²) in [5.74, 6) is -0.736. The Balaban J connectivity index is 1.92. The van der Waals surface area contributed by atoms with Crippen LogP contribution < -0.4 is 9.62 Å². The third-order valence-corrected chi connectivity index (χ3v) is 8.19. The molecule has 2 amide bonds. The van der Waals surface area contributed by atoms with Crippen LogP contribution in [0.3, 0.4) is 0 Å². The zero-order valence-electron chi connectivity index (χ0n) is 20.8. The van der Waals surface area contributed by atoms with E-state index in [1.54, 1.807) is 37.3 Å². The fraction of sp³-hybridized carbons (Fsp3) is 0.462. The van der Waals surface area contributed by atoms with Crippen LogP contribution in [-0.4, -0.2) is 50.0 Å². The van der Waals surface area contributed by atoms with Gasteiger partial charge in [-0.3, -0.25) is 13.9 Å². The second-order valence-electron chi connectivity index (χ2n) is 9.27. The first kappa shape index (κ1) is 27.0. The number of sulfonamides is 1. The molecule has 0 aromatic heterocycles. The molecule has 7 nitrogen and oxygen atoms in total. The van der Waals surface area contributed by atoms with E-state index in [9.17, 15) is 18.0 Å². The molecule has 1 saturated carbocycles. The summed E-state index contributed by atoms with van der Waals surface area (Å²) >= 11 is 6.36. The Labute approximate surface area is 213 Å². The summed E-state index contributed by atoms with van der Waals surface area (Å²) < 4.78 is 26.6. The molecule has 0 aliphatic heterocycles. The highest BCUT2D eigenvalue weighted by atomic mass is 35.5. The van der Waals surface area contributed by atoms with Crippen molar-refractivity contribution in [2.24, 2.45) is 0 Å². The molecule has 0 unspecified atom stereocenters. The van der Waals surface area contributed by atoms with Gasteiger partial charge in [-0.1, -0.05) is 54.8 Å². The van der Waals surface area contributed by atoms with E-state index in [2.05, 4.69) is 5.32 Å². The minimum Gasteiger partial charge on any atom is -0.352 e. The Hall–Kier alpha value is -2.58. The van der Waals surface area contributed by atoms with E-state index in [0.717, 1.165) is 47.4 Å². The number of nitrogens with zero attached hydrogens (tertiary/aromatic N) is 2. The first-order valence-corrected chi connectivity index (χ1v) is 14.1. The van der Waals surface area contributed by atoms with Crippen molar-refractivity contribution in [1.82, 2.24) is 10.2 Å². The van der Waals surface area contributed by atoms with Gasteiger partial charge in [0.2, 0.25) is 21.8 Å². The van der Waals surface area contributed by atoms with E-state index in [1.165, 1.54) is 4.90 Å². The van der Waals surface area contributed by atoms with Gasteiger partial charge in [0.1, 0.15) is 12.6 Å². The van der Waals surface area contributed by atoms with Gasteiger partial charge in [-0.05, 0) is 62.4 Å². The number of carbonyl (C=O) groups excluding carboxylic acids is 2. The van der Waals surface area contributed by atoms with Crippen molar-refractivity contribution < 1.29 is 18.0 Å². The van der Waals surface area contributed by atoms with Gasteiger partial charge in [-0.25, -0.2) is 8.42 Å². The maximum atomic E-state index is 13.7. The van der Waals surface area contributed by atoms with Gasteiger partial charge in [0.25, 0.3) is 0 Å². The second-order valence-corrected chi connectivity index (χ2v) is 11.6. The lowest BCUT2D eigenvalue weighted by molar-refractivity contribution is -0.139. The number of anilines is 1. The van der Waals surface area contributed by atoms with Crippen molar-refractivity contribution in [3.05, 3.63) is 64.2 Å². The molecule has 0 radical (unpaired) electrons. The van der Waals surface area contributed by atoms with Crippen molar-refractivity contribution in [2.45, 2.75) is 65.1 Å². The molecule has 3 rings (SSSR count). The lowest BCUT2D eigenvalue weighted by Gasteiger charge is -2.32. The predicted molar refractivity (Wildman–Crippen MR) is 140 cm³/mol. The van der Waals surface area contributed by atoms with Crippen LogP contribution in [0.1, 0.15) is 49.3 Å². The summed E-state index contributed by atoms with van der Waals surface area (Å²) in [5, 5.41) is 3.52. The molecule has 0 saturated heterocycles. The average molecular weight is 520 g/mol. The smallest absolute Gasteiger partial charge is 0.244 e. The van der Waals surface area contributed by atoms with E-state index in [-0.39, 0.29) is 18.5 Å². The number of rotatable bonds is 9. The minimum atomic E-state index is -3.77. The van der Waals surface area contributed by atoms with Crippen LogP contribution in [0.2, 0.25) is 5.02 Å². The van der Waals surface area contributed by atoms with Gasteiger partial charge in [0.05, 0.1) is 11.9 Å². The number of carbonyl (C=O) groups is 2. The quantitative estimate of drug-likeness (QED) is 0.538. The van der Waals surface area contributed by atoms with Crippen LogP contribution in [0.5, 0.6) is 0 Å². The van der Waals surface area contributed by atoms with Crippen LogP contribution in [0, 0.1) is 13.8 Å². The Morgan fingerprint density at radius 1 is 1.09 bits per heavy atom. The number of halogens is 1. The maximum absolute atomic E-state index is 13.7. The van der Waals surface area contributed by atoms with E-state index < -0.39 is 28.5 Å². The summed E-state index contributed by atoms with van der Waals surface area (Å²) in [6.45, 7) is 5.05. The molecule has 0 bridgehead atoms. The molecule has 35 heavy (non-hydrogen) atoms. The fourth-order valence-corrected chi connectivity index (χ4v) is 5.48. The van der Waals surface area contributed by atoms with E-state index >= 15 is 0 Å². The highest BCUT2D eigenvalue weighted by molar-refractivity contribution is 7.92. The predicted octanol–water partition coefficient (Wildman–Crippen LogP) is 4.20. The van der Waals surface area contributed by atoms with Crippen molar-refractivity contribution in [2.75, 3.05) is 17.1 Å². The summed E-state index contributed by atoms with van der Waals surface area (Å²) in [5.41, 5.74) is 2.82. The van der Waals surface area contributed by atoms with Crippen LogP contribution in [0.4, 0.5) is 5.69 Å². The Morgan fingerprint density at radius 2 is 1.74 bits per heavy atom. The first-order chi connectivity index (χ1) is 16.5. The van der Waals surface area contributed by atoms with Gasteiger partial charge in [-0.15, -0.1) is 0 Å². The number of nitrogens with one attached hydrogen (secondary N) is 1. The zero-order chi connectivity index (χ0) is 25.8. The lowest BCUT2D eigenvalue weighted by Crippen LogP contribution is -2.52. The monoisotopic (exact) mass is 519 g/mol. The van der Waals surface area contributed by atoms with Gasteiger partial charge >= 0.3 is 0 Å². The number of hydrogen-bond acceptors (Lipinski definition) is 4. The van der Waals surface area contributed by atoms with Gasteiger partial charge in [0.15, 0.2) is 0 Å². The molecule has 0 spiro atoms. The van der Waals surface area contributed by atoms with Gasteiger partial charge < -0.3 is 10.2 Å². The first-order valence-electron chi connectivity index (χ1n) is 11.9. The standard InChI is InChI=1S/C26H34ClN3O4S/c1-18-10-9-15-24(19(18)2)30(35(4,33)34)17-25(31)29(16-21-11-5-8-14-23(21)27)20(3)26(32)28-22-12-6-7-13-22/h5,8-11,14-15,20,22H,6-7,12-13,16-17H2,1-4H3,(H,28,32)/t20-/m0/s1. The molecule has 2 aromatic rings. The van der Waals surface area contributed by atoms with Crippen LogP contribution in [-0.2, 0) is 26.2 Å². The van der Waals surface area contributed by atoms with Crippen molar-refractivity contribution in [3.63, 3.8) is 0 Å². The highest BCUT2D eigenvalue weighted by Gasteiger charge is 2.32. The molecule has 1 aliphatic carbocycles. The minimum absolute atomic E-state index is 0.0855. The Bertz CT molecular complexity index is 1180. The molecule has 9 heteroatoms. The normalized spacial score (nSPS) is 15.0. The second kappa shape index (κ2) is 11.4. The molecular formula is C26H34ClN3O4S. The summed E-state index contributed by atoms with van der Waals surface area (Å²) in [4.78, 5) is 28.2. The topological polar surface area (TPSA) is 86.8 Å². The number of aryl methyl sites for hydroxylation is 1. The zero-order valence-corrected chi connectivity index (χ0v) is 22.3. The Kier molecular flexibility index (Phi) is 8.83. The summed E-state index contributed by atoms with van der Waals surface area (Å²) in [6.07, 6.45) is 5.06. The average Bonchev–Trinajstić information content (AvgIpc) is 3.30. The SMILES string of the molecule is Cc1cccc(N(CC(=O)N(Cc2ccccc2Cl)[C@@H](C)C(=O)NC2CCCC2)S(C)(=O)=O)c1C. The van der Waals surface area contributed by atoms with Crippen molar-refractivity contribution in [1.29, 1.82) is 0 Å². The van der Waals surface area contributed by atoms with E-state index in [4.69, 9.17) is 11.6 Å². The molecule has 2 aromatic carbocycles. The summed E-state index contributed by atoms with van der Waals surface area (Å²) in [7, 11) is -3.77. The molecule has 1 N–H and O–H groups in total. The molecule has 1 fully saturated rings. The third kappa shape index (κ3) is 6.76. The van der Waals surface area contributed by atoms with Crippen LogP contribution >= 0.6 is 11.6 Å². The number of hydrogen-bond donors (Lipinski definition) is 1. The maximum Gasteiger partial charge on any atom is 0.244 e. The fourth-order valence-electron chi connectivity index (χ4n) is 4.39. The molecule has 190 valence electrons. The number of benzene rings is 2. The van der Waals surface area contributed by atoms with Crippen molar-refractivity contribution in [3.8, 4) is 0 Å². The highest BCUT2D eigenvalue weighted by Crippen LogP contribution is 2.26. The van der Waals surface area contributed by atoms with Crippen LogP contribution in [0.25, 0.3) is 0 Å². The Morgan fingerprint density at radius 3 is 2.37 bits per heavy atom. The molecular weight excluding hydrogens is 486 g/mol. The number of amides is 2. The van der Waals surface area contributed by atoms with Gasteiger partial charge in [-0.2, -0.15) is 0 Å².